The van der Waals surface area contributed by atoms with Crippen molar-refractivity contribution in [3.05, 3.63) is 112 Å². The van der Waals surface area contributed by atoms with Gasteiger partial charge in [0.25, 0.3) is 5.91 Å². The van der Waals surface area contributed by atoms with Crippen LogP contribution in [-0.2, 0) is 24.1 Å². The zero-order valence-corrected chi connectivity index (χ0v) is 23.5. The third-order valence-corrected chi connectivity index (χ3v) is 7.48. The van der Waals surface area contributed by atoms with Gasteiger partial charge in [-0.05, 0) is 91.1 Å². The summed E-state index contributed by atoms with van der Waals surface area (Å²) in [6.45, 7) is 0.338. The summed E-state index contributed by atoms with van der Waals surface area (Å²) >= 11 is 0. The van der Waals surface area contributed by atoms with Crippen LogP contribution in [0.5, 0.6) is 0 Å². The van der Waals surface area contributed by atoms with Gasteiger partial charge in [-0.25, -0.2) is 18.7 Å². The minimum absolute atomic E-state index is 0.0505. The van der Waals surface area contributed by atoms with E-state index in [9.17, 15) is 23.5 Å². The number of halogens is 2. The zero-order chi connectivity index (χ0) is 29.6. The molecule has 2 aliphatic carbocycles. The first-order valence-electron chi connectivity index (χ1n) is 14.2. The van der Waals surface area contributed by atoms with Gasteiger partial charge in [-0.1, -0.05) is 42.5 Å². The number of aryl methyl sites for hydroxylation is 2. The number of hydrogen-bond acceptors (Lipinski definition) is 4. The number of hydrogen-bond donors (Lipinski definition) is 1. The number of amides is 1. The van der Waals surface area contributed by atoms with E-state index >= 15 is 0 Å². The van der Waals surface area contributed by atoms with E-state index in [2.05, 4.69) is 0 Å². The van der Waals surface area contributed by atoms with Crippen molar-refractivity contribution in [2.75, 3.05) is 13.6 Å². The molecule has 0 spiro atoms. The smallest absolute Gasteiger partial charge is 0.307 e. The van der Waals surface area contributed by atoms with Crippen molar-refractivity contribution in [1.29, 1.82) is 0 Å². The SMILES string of the molecule is CN(CC1=CC(F)=CCC1)C(=O)c1ccc2nc(C3=CCCC(F)C=C3)c(CCc3cccc(CC(=O)O)c3)nc2c1. The van der Waals surface area contributed by atoms with E-state index < -0.39 is 12.1 Å². The highest BCUT2D eigenvalue weighted by Gasteiger charge is 2.19. The van der Waals surface area contributed by atoms with Gasteiger partial charge in [-0.2, -0.15) is 0 Å². The number of fused-ring (bicyclic) bond motifs is 1. The number of allylic oxidation sites excluding steroid dienone is 7. The molecule has 0 saturated carbocycles. The number of rotatable bonds is 9. The van der Waals surface area contributed by atoms with Gasteiger partial charge in [-0.3, -0.25) is 9.59 Å². The highest BCUT2D eigenvalue weighted by molar-refractivity contribution is 5.97. The fourth-order valence-corrected chi connectivity index (χ4v) is 5.35. The van der Waals surface area contributed by atoms with Gasteiger partial charge in [0.05, 0.1) is 28.8 Å². The highest BCUT2D eigenvalue weighted by atomic mass is 19.1. The first kappa shape index (κ1) is 29.0. The molecule has 0 aliphatic heterocycles. The van der Waals surface area contributed by atoms with Crippen LogP contribution in [0, 0.1) is 0 Å². The summed E-state index contributed by atoms with van der Waals surface area (Å²) in [5, 5.41) is 9.17. The Morgan fingerprint density at radius 1 is 1.02 bits per heavy atom. The Bertz CT molecular complexity index is 1640. The Morgan fingerprint density at radius 2 is 1.86 bits per heavy atom. The number of carboxylic acid groups (broad SMARTS) is 1. The normalized spacial score (nSPS) is 16.8. The first-order valence-corrected chi connectivity index (χ1v) is 14.2. The fraction of sp³-hybridized carbons (Fsp3) is 0.294. The standard InChI is InChI=1S/C34H33F2N3O3/c1-39(21-24-7-3-10-28(36)18-24)34(42)26-13-16-29-31(20-26)37-30(33(38-29)25-8-4-9-27(35)14-12-25)15-11-22-5-2-6-23(17-22)19-32(40)41/h2,5-6,8,10,12-14,16-18,20,27H,3-4,7,9,11,15,19,21H2,1H3,(H,40,41). The average molecular weight is 570 g/mol. The van der Waals surface area contributed by atoms with Crippen molar-refractivity contribution in [3.8, 4) is 0 Å². The lowest BCUT2D eigenvalue weighted by atomic mass is 10.0. The topological polar surface area (TPSA) is 83.4 Å². The molecule has 0 fully saturated rings. The number of carboxylic acids is 1. The van der Waals surface area contributed by atoms with Crippen molar-refractivity contribution in [1.82, 2.24) is 14.9 Å². The van der Waals surface area contributed by atoms with Crippen LogP contribution < -0.4 is 0 Å². The Morgan fingerprint density at radius 3 is 2.67 bits per heavy atom. The lowest BCUT2D eigenvalue weighted by molar-refractivity contribution is -0.136. The van der Waals surface area contributed by atoms with Gasteiger partial charge in [0.2, 0.25) is 0 Å². The van der Waals surface area contributed by atoms with E-state index in [1.165, 1.54) is 6.08 Å². The van der Waals surface area contributed by atoms with Gasteiger partial charge in [0.1, 0.15) is 12.0 Å². The Balaban J connectivity index is 1.45. The molecule has 0 saturated heterocycles. The third-order valence-electron chi connectivity index (χ3n) is 7.48. The molecule has 1 heterocycles. The van der Waals surface area contributed by atoms with Crippen LogP contribution in [0.25, 0.3) is 16.6 Å². The quantitative estimate of drug-likeness (QED) is 0.308. The van der Waals surface area contributed by atoms with Crippen molar-refractivity contribution in [3.63, 3.8) is 0 Å². The van der Waals surface area contributed by atoms with Crippen LogP contribution in [0.15, 0.2) is 84.2 Å². The van der Waals surface area contributed by atoms with E-state index in [4.69, 9.17) is 9.97 Å². The monoisotopic (exact) mass is 569 g/mol. The molecule has 2 aromatic carbocycles. The number of likely N-dealkylation sites (N-methyl/N-ethyl adjacent to an activating group) is 1. The molecule has 2 aliphatic rings. The van der Waals surface area contributed by atoms with Gasteiger partial charge in [-0.15, -0.1) is 0 Å². The minimum atomic E-state index is -1.02. The first-order chi connectivity index (χ1) is 20.2. The number of alkyl halides is 1. The summed E-state index contributed by atoms with van der Waals surface area (Å²) in [6, 6.07) is 12.7. The van der Waals surface area contributed by atoms with E-state index in [1.807, 2.05) is 24.3 Å². The molecule has 42 heavy (non-hydrogen) atoms. The molecule has 216 valence electrons. The van der Waals surface area contributed by atoms with Gasteiger partial charge < -0.3 is 10.0 Å². The van der Waals surface area contributed by atoms with Crippen LogP contribution in [0.3, 0.4) is 0 Å². The molecule has 1 N–H and O–H groups in total. The predicted octanol–water partition coefficient (Wildman–Crippen LogP) is 6.76. The maximum atomic E-state index is 14.1. The van der Waals surface area contributed by atoms with Crippen LogP contribution >= 0.6 is 0 Å². The van der Waals surface area contributed by atoms with Crippen molar-refractivity contribution < 1.29 is 23.5 Å². The average Bonchev–Trinajstić information content (AvgIpc) is 3.19. The predicted molar refractivity (Wildman–Crippen MR) is 159 cm³/mol. The Kier molecular flexibility index (Phi) is 9.00. The Hall–Kier alpha value is -4.46. The molecule has 8 heteroatoms. The summed E-state index contributed by atoms with van der Waals surface area (Å²) in [4.78, 5) is 35.9. The summed E-state index contributed by atoms with van der Waals surface area (Å²) in [5.74, 6) is -1.35. The maximum absolute atomic E-state index is 14.1. The van der Waals surface area contributed by atoms with E-state index in [0.717, 1.165) is 22.3 Å². The number of nitrogens with zero attached hydrogens (tertiary/aromatic N) is 3. The molecular weight excluding hydrogens is 536 g/mol. The molecule has 3 aromatic rings. The molecule has 1 unspecified atom stereocenters. The number of carbonyl (C=O) groups excluding carboxylic acids is 1. The summed E-state index contributed by atoms with van der Waals surface area (Å²) < 4.78 is 27.8. The summed E-state index contributed by atoms with van der Waals surface area (Å²) in [6.07, 6.45) is 10.7. The second-order valence-electron chi connectivity index (χ2n) is 10.8. The summed E-state index contributed by atoms with van der Waals surface area (Å²) in [7, 11) is 1.70. The number of aromatic nitrogens is 2. The van der Waals surface area contributed by atoms with Crippen molar-refractivity contribution in [2.24, 2.45) is 0 Å². The lowest BCUT2D eigenvalue weighted by Crippen LogP contribution is -2.29. The van der Waals surface area contributed by atoms with Crippen molar-refractivity contribution in [2.45, 2.75) is 51.1 Å². The second kappa shape index (κ2) is 13.0. The molecule has 1 aromatic heterocycles. The Labute approximate surface area is 243 Å². The molecule has 0 bridgehead atoms. The third kappa shape index (κ3) is 7.24. The number of carbonyl (C=O) groups is 2. The van der Waals surface area contributed by atoms with Gasteiger partial charge in [0, 0.05) is 19.2 Å². The number of benzene rings is 2. The van der Waals surface area contributed by atoms with E-state index in [1.54, 1.807) is 54.4 Å². The van der Waals surface area contributed by atoms with Crippen LogP contribution in [0.1, 0.15) is 58.6 Å². The van der Waals surface area contributed by atoms with E-state index in [-0.39, 0.29) is 18.2 Å². The zero-order valence-electron chi connectivity index (χ0n) is 23.5. The molecule has 6 nitrogen and oxygen atoms in total. The molecule has 1 amide bonds. The summed E-state index contributed by atoms with van der Waals surface area (Å²) in [5.41, 5.74) is 6.41. The lowest BCUT2D eigenvalue weighted by Gasteiger charge is -2.20. The fourth-order valence-electron chi connectivity index (χ4n) is 5.35. The second-order valence-corrected chi connectivity index (χ2v) is 10.8. The molecule has 5 rings (SSSR count). The van der Waals surface area contributed by atoms with Crippen molar-refractivity contribution >= 4 is 28.5 Å². The largest absolute Gasteiger partial charge is 0.481 e. The molecular formula is C34H33F2N3O3. The van der Waals surface area contributed by atoms with Crippen LogP contribution in [0.4, 0.5) is 8.78 Å². The van der Waals surface area contributed by atoms with Crippen LogP contribution in [0.2, 0.25) is 0 Å². The van der Waals surface area contributed by atoms with Crippen LogP contribution in [-0.4, -0.2) is 51.6 Å². The van der Waals surface area contributed by atoms with E-state index in [0.29, 0.717) is 73.1 Å². The maximum Gasteiger partial charge on any atom is 0.307 e. The highest BCUT2D eigenvalue weighted by Crippen LogP contribution is 2.27. The van der Waals surface area contributed by atoms with Gasteiger partial charge >= 0.3 is 5.97 Å². The molecule has 1 atom stereocenters. The van der Waals surface area contributed by atoms with Gasteiger partial charge in [0.15, 0.2) is 0 Å². The minimum Gasteiger partial charge on any atom is -0.481 e. The molecule has 0 radical (unpaired) electrons. The number of aliphatic carboxylic acids is 1.